The van der Waals surface area contributed by atoms with Gasteiger partial charge < -0.3 is 14.9 Å². The molecule has 1 atom stereocenters. The standard InChI is InChI=1S/C22H25N5O2/c1-15-10-17(25-9-8-22(2,14-25)16-6-4-3-5-7-16)11-27-20(15)23-19(24-27)21(29)26-12-18(28)13-26/h3-7,10-11,18,28H,8-9,12-14H2,1-2H3/t22-/m0/s1. The highest BCUT2D eigenvalue weighted by molar-refractivity contribution is 5.91. The normalized spacial score (nSPS) is 22.3. The lowest BCUT2D eigenvalue weighted by atomic mass is 9.82. The number of aliphatic hydroxyl groups is 1. The lowest BCUT2D eigenvalue weighted by Gasteiger charge is -2.34. The number of benzene rings is 1. The van der Waals surface area contributed by atoms with E-state index < -0.39 is 6.10 Å². The molecule has 2 saturated heterocycles. The smallest absolute Gasteiger partial charge is 0.293 e. The van der Waals surface area contributed by atoms with Gasteiger partial charge in [0, 0.05) is 31.6 Å². The van der Waals surface area contributed by atoms with Gasteiger partial charge in [0.1, 0.15) is 0 Å². The van der Waals surface area contributed by atoms with Crippen LogP contribution in [0.1, 0.15) is 35.1 Å². The zero-order valence-electron chi connectivity index (χ0n) is 16.7. The summed E-state index contributed by atoms with van der Waals surface area (Å²) in [6.45, 7) is 6.94. The number of aryl methyl sites for hydroxylation is 1. The molecule has 4 heterocycles. The molecule has 7 heteroatoms. The fourth-order valence-electron chi connectivity index (χ4n) is 4.41. The van der Waals surface area contributed by atoms with Crippen molar-refractivity contribution in [3.63, 3.8) is 0 Å². The summed E-state index contributed by atoms with van der Waals surface area (Å²) in [6.07, 6.45) is 2.62. The van der Waals surface area contributed by atoms with Gasteiger partial charge in [-0.3, -0.25) is 4.79 Å². The van der Waals surface area contributed by atoms with E-state index in [1.165, 1.54) is 5.56 Å². The second-order valence-corrected chi connectivity index (χ2v) is 8.55. The van der Waals surface area contributed by atoms with Gasteiger partial charge >= 0.3 is 0 Å². The molecule has 1 amide bonds. The Kier molecular flexibility index (Phi) is 4.10. The molecular formula is C22H25N5O2. The lowest BCUT2D eigenvalue weighted by molar-refractivity contribution is 0.00510. The van der Waals surface area contributed by atoms with E-state index in [0.29, 0.717) is 18.7 Å². The second kappa shape index (κ2) is 6.56. The number of aromatic nitrogens is 3. The molecule has 150 valence electrons. The van der Waals surface area contributed by atoms with Gasteiger partial charge in [-0.15, -0.1) is 5.10 Å². The third kappa shape index (κ3) is 3.06. The number of rotatable bonds is 3. The monoisotopic (exact) mass is 391 g/mol. The number of pyridine rings is 1. The molecule has 3 aromatic rings. The summed E-state index contributed by atoms with van der Waals surface area (Å²) in [5.74, 6) is -0.0366. The molecule has 7 nitrogen and oxygen atoms in total. The van der Waals surface area contributed by atoms with Gasteiger partial charge in [-0.1, -0.05) is 37.3 Å². The van der Waals surface area contributed by atoms with Gasteiger partial charge in [-0.25, -0.2) is 9.50 Å². The quantitative estimate of drug-likeness (QED) is 0.740. The lowest BCUT2D eigenvalue weighted by Crippen LogP contribution is -2.53. The maximum atomic E-state index is 12.5. The minimum Gasteiger partial charge on any atom is -0.389 e. The minimum absolute atomic E-state index is 0.117. The van der Waals surface area contributed by atoms with Gasteiger partial charge in [0.25, 0.3) is 5.91 Å². The predicted octanol–water partition coefficient (Wildman–Crippen LogP) is 2.02. The summed E-state index contributed by atoms with van der Waals surface area (Å²) in [5.41, 5.74) is 4.27. The van der Waals surface area contributed by atoms with Crippen LogP contribution in [-0.2, 0) is 5.41 Å². The van der Waals surface area contributed by atoms with E-state index in [2.05, 4.69) is 58.3 Å². The summed E-state index contributed by atoms with van der Waals surface area (Å²) in [7, 11) is 0. The Hall–Kier alpha value is -2.93. The van der Waals surface area contributed by atoms with Crippen LogP contribution in [0.25, 0.3) is 5.65 Å². The molecule has 1 aromatic carbocycles. The topological polar surface area (TPSA) is 74.0 Å². The van der Waals surface area contributed by atoms with E-state index in [9.17, 15) is 9.90 Å². The number of nitrogens with zero attached hydrogens (tertiary/aromatic N) is 5. The first-order valence-corrected chi connectivity index (χ1v) is 10.1. The molecule has 0 bridgehead atoms. The molecule has 2 fully saturated rings. The van der Waals surface area contributed by atoms with Crippen LogP contribution in [0.4, 0.5) is 5.69 Å². The fourth-order valence-corrected chi connectivity index (χ4v) is 4.41. The van der Waals surface area contributed by atoms with Crippen LogP contribution in [0.2, 0.25) is 0 Å². The van der Waals surface area contributed by atoms with E-state index in [-0.39, 0.29) is 17.1 Å². The third-order valence-electron chi connectivity index (χ3n) is 6.25. The molecule has 0 saturated carbocycles. The SMILES string of the molecule is Cc1cc(N2CC[C@](C)(c3ccccc3)C2)cn2nc(C(=O)N3CC(O)C3)nc12. The summed E-state index contributed by atoms with van der Waals surface area (Å²) < 4.78 is 1.71. The summed E-state index contributed by atoms with van der Waals surface area (Å²) in [4.78, 5) is 20.9. The van der Waals surface area contributed by atoms with Crippen LogP contribution in [0, 0.1) is 6.92 Å². The molecule has 0 spiro atoms. The Morgan fingerprint density at radius 3 is 2.72 bits per heavy atom. The number of fused-ring (bicyclic) bond motifs is 1. The van der Waals surface area contributed by atoms with Crippen molar-refractivity contribution in [3.05, 3.63) is 59.5 Å². The Morgan fingerprint density at radius 2 is 2.00 bits per heavy atom. The Balaban J connectivity index is 1.42. The van der Waals surface area contributed by atoms with Crippen molar-refractivity contribution in [3.8, 4) is 0 Å². The second-order valence-electron chi connectivity index (χ2n) is 8.55. The number of aliphatic hydroxyl groups excluding tert-OH is 1. The van der Waals surface area contributed by atoms with Gasteiger partial charge in [-0.2, -0.15) is 0 Å². The number of anilines is 1. The molecule has 2 aliphatic heterocycles. The van der Waals surface area contributed by atoms with Gasteiger partial charge in [0.2, 0.25) is 5.82 Å². The van der Waals surface area contributed by atoms with Crippen LogP contribution in [0.15, 0.2) is 42.6 Å². The summed E-state index contributed by atoms with van der Waals surface area (Å²) in [5, 5.41) is 13.9. The zero-order valence-corrected chi connectivity index (χ0v) is 16.7. The number of carbonyl (C=O) groups excluding carboxylic acids is 1. The van der Waals surface area contributed by atoms with Crippen LogP contribution < -0.4 is 4.90 Å². The number of hydrogen-bond acceptors (Lipinski definition) is 5. The highest BCUT2D eigenvalue weighted by atomic mass is 16.3. The van der Waals surface area contributed by atoms with Crippen molar-refractivity contribution in [2.45, 2.75) is 31.8 Å². The maximum absolute atomic E-state index is 12.5. The first kappa shape index (κ1) is 18.1. The van der Waals surface area contributed by atoms with E-state index in [1.54, 1.807) is 9.42 Å². The number of carbonyl (C=O) groups is 1. The number of hydrogen-bond donors (Lipinski definition) is 1. The largest absolute Gasteiger partial charge is 0.389 e. The van der Waals surface area contributed by atoms with E-state index in [0.717, 1.165) is 30.8 Å². The molecular weight excluding hydrogens is 366 g/mol. The Morgan fingerprint density at radius 1 is 1.24 bits per heavy atom. The number of amides is 1. The van der Waals surface area contributed by atoms with Crippen LogP contribution in [0.5, 0.6) is 0 Å². The van der Waals surface area contributed by atoms with E-state index in [1.807, 2.05) is 13.1 Å². The van der Waals surface area contributed by atoms with E-state index in [4.69, 9.17) is 0 Å². The van der Waals surface area contributed by atoms with Gasteiger partial charge in [0.15, 0.2) is 5.65 Å². The van der Waals surface area contributed by atoms with Crippen molar-refractivity contribution in [1.82, 2.24) is 19.5 Å². The number of likely N-dealkylation sites (tertiary alicyclic amines) is 1. The van der Waals surface area contributed by atoms with Crippen LogP contribution in [-0.4, -0.2) is 62.8 Å². The first-order chi connectivity index (χ1) is 13.9. The molecule has 29 heavy (non-hydrogen) atoms. The average molecular weight is 391 g/mol. The Bertz CT molecular complexity index is 1070. The van der Waals surface area contributed by atoms with Crippen molar-refractivity contribution < 1.29 is 9.90 Å². The summed E-state index contributed by atoms with van der Waals surface area (Å²) in [6, 6.07) is 12.8. The Labute approximate surface area is 169 Å². The van der Waals surface area contributed by atoms with Gasteiger partial charge in [-0.05, 0) is 30.5 Å². The molecule has 2 aliphatic rings. The molecule has 5 rings (SSSR count). The van der Waals surface area contributed by atoms with E-state index >= 15 is 0 Å². The predicted molar refractivity (Wildman–Crippen MR) is 110 cm³/mol. The van der Waals surface area contributed by atoms with Crippen molar-refractivity contribution in [2.24, 2.45) is 0 Å². The van der Waals surface area contributed by atoms with Crippen molar-refractivity contribution in [1.29, 1.82) is 0 Å². The third-order valence-corrected chi connectivity index (χ3v) is 6.25. The van der Waals surface area contributed by atoms with Crippen molar-refractivity contribution >= 4 is 17.2 Å². The molecule has 0 aliphatic carbocycles. The summed E-state index contributed by atoms with van der Waals surface area (Å²) >= 11 is 0. The van der Waals surface area contributed by atoms with Crippen LogP contribution in [0.3, 0.4) is 0 Å². The maximum Gasteiger partial charge on any atom is 0.293 e. The van der Waals surface area contributed by atoms with Gasteiger partial charge in [0.05, 0.1) is 18.0 Å². The highest BCUT2D eigenvalue weighted by Crippen LogP contribution is 2.36. The molecule has 1 N–H and O–H groups in total. The number of β-amino-alcohol motifs (C(OH)–C–C–N with tert-alkyl or cyclic N) is 1. The molecule has 2 aromatic heterocycles. The first-order valence-electron chi connectivity index (χ1n) is 10.1. The van der Waals surface area contributed by atoms with Crippen LogP contribution >= 0.6 is 0 Å². The highest BCUT2D eigenvalue weighted by Gasteiger charge is 2.36. The zero-order chi connectivity index (χ0) is 20.2. The minimum atomic E-state index is -0.432. The van der Waals surface area contributed by atoms with Crippen molar-refractivity contribution in [2.75, 3.05) is 31.1 Å². The molecule has 0 radical (unpaired) electrons. The average Bonchev–Trinajstić information content (AvgIpc) is 3.31. The molecule has 0 unspecified atom stereocenters. The fraction of sp³-hybridized carbons (Fsp3) is 0.409.